The number of methoxy groups -OCH3 is 2. The second kappa shape index (κ2) is 5.96. The molecule has 1 heterocycles. The van der Waals surface area contributed by atoms with Gasteiger partial charge in [-0.25, -0.2) is 4.98 Å². The lowest BCUT2D eigenvalue weighted by Gasteiger charge is -2.22. The Labute approximate surface area is 126 Å². The van der Waals surface area contributed by atoms with E-state index < -0.39 is 0 Å². The minimum absolute atomic E-state index is 0.345. The lowest BCUT2D eigenvalue weighted by Crippen LogP contribution is -2.13. The predicted octanol–water partition coefficient (Wildman–Crippen LogP) is 4.19. The van der Waals surface area contributed by atoms with E-state index in [1.165, 1.54) is 6.42 Å². The van der Waals surface area contributed by atoms with Crippen LogP contribution in [0.2, 0.25) is 0 Å². The molecule has 0 saturated heterocycles. The largest absolute Gasteiger partial charge is 0.493 e. The van der Waals surface area contributed by atoms with E-state index in [2.05, 4.69) is 37.7 Å². The average Bonchev–Trinajstić information content (AvgIpc) is 2.75. The molecule has 4 heteroatoms. The highest BCUT2D eigenvalue weighted by atomic mass is 16.5. The maximum Gasteiger partial charge on any atom is 0.163 e. The van der Waals surface area contributed by atoms with Crippen molar-refractivity contribution in [3.8, 4) is 11.5 Å². The van der Waals surface area contributed by atoms with Crippen LogP contribution in [0.15, 0.2) is 12.1 Å². The number of H-pyrrole nitrogens is 1. The summed E-state index contributed by atoms with van der Waals surface area (Å²) in [5.41, 5.74) is 2.26. The molecule has 0 bridgehead atoms. The molecule has 0 spiro atoms. The van der Waals surface area contributed by atoms with E-state index in [4.69, 9.17) is 9.47 Å². The molecule has 0 aliphatic heterocycles. The Morgan fingerprint density at radius 1 is 1.14 bits per heavy atom. The first-order valence-electron chi connectivity index (χ1n) is 7.43. The summed E-state index contributed by atoms with van der Waals surface area (Å²) < 4.78 is 10.6. The third-order valence-electron chi connectivity index (χ3n) is 3.54. The summed E-state index contributed by atoms with van der Waals surface area (Å²) in [7, 11) is 3.29. The maximum absolute atomic E-state index is 5.33. The van der Waals surface area contributed by atoms with Crippen LogP contribution in [0, 0.1) is 11.3 Å². The van der Waals surface area contributed by atoms with Crippen LogP contribution in [-0.4, -0.2) is 24.2 Å². The topological polar surface area (TPSA) is 47.1 Å². The first-order chi connectivity index (χ1) is 9.82. The van der Waals surface area contributed by atoms with Gasteiger partial charge in [0.05, 0.1) is 25.3 Å². The van der Waals surface area contributed by atoms with Gasteiger partial charge in [-0.3, -0.25) is 0 Å². The van der Waals surface area contributed by atoms with E-state index in [1.807, 2.05) is 12.1 Å². The van der Waals surface area contributed by atoms with Gasteiger partial charge in [-0.1, -0.05) is 27.7 Å². The third kappa shape index (κ3) is 3.90. The molecular formula is C17H26N2O2. The third-order valence-corrected chi connectivity index (χ3v) is 3.54. The summed E-state index contributed by atoms with van der Waals surface area (Å²) in [6, 6.07) is 3.86. The number of benzene rings is 1. The molecule has 2 rings (SSSR count). The number of nitrogens with one attached hydrogen (secondary N) is 1. The fraction of sp³-hybridized carbons (Fsp3) is 0.588. The van der Waals surface area contributed by atoms with E-state index in [0.29, 0.717) is 17.1 Å². The van der Waals surface area contributed by atoms with Crippen molar-refractivity contribution in [2.24, 2.45) is 11.3 Å². The summed E-state index contributed by atoms with van der Waals surface area (Å²) in [6.45, 7) is 9.10. The summed E-state index contributed by atoms with van der Waals surface area (Å²) in [4.78, 5) is 8.07. The molecule has 1 atom stereocenters. The monoisotopic (exact) mass is 290 g/mol. The lowest BCUT2D eigenvalue weighted by atomic mass is 9.84. The van der Waals surface area contributed by atoms with E-state index in [0.717, 1.165) is 29.0 Å². The Balaban J connectivity index is 2.22. The molecule has 1 aromatic heterocycles. The van der Waals surface area contributed by atoms with Gasteiger partial charge in [0.25, 0.3) is 0 Å². The predicted molar refractivity (Wildman–Crippen MR) is 86.1 cm³/mol. The minimum Gasteiger partial charge on any atom is -0.493 e. The Kier molecular flexibility index (Phi) is 4.45. The molecule has 0 amide bonds. The Hall–Kier alpha value is -1.71. The maximum atomic E-state index is 5.33. The molecule has 1 aromatic carbocycles. The van der Waals surface area contributed by atoms with Crippen LogP contribution in [0.3, 0.4) is 0 Å². The fourth-order valence-electron chi connectivity index (χ4n) is 2.93. The van der Waals surface area contributed by atoms with E-state index in [-0.39, 0.29) is 0 Å². The number of hydrogen-bond acceptors (Lipinski definition) is 3. The number of ether oxygens (including phenoxy) is 2. The number of aromatic nitrogens is 2. The molecule has 0 fully saturated rings. The number of rotatable bonds is 5. The molecule has 21 heavy (non-hydrogen) atoms. The van der Waals surface area contributed by atoms with Crippen LogP contribution in [0.1, 0.15) is 39.9 Å². The van der Waals surface area contributed by atoms with Crippen LogP contribution in [-0.2, 0) is 6.42 Å². The number of hydrogen-bond donors (Lipinski definition) is 1. The zero-order valence-corrected chi connectivity index (χ0v) is 13.9. The molecular weight excluding hydrogens is 264 g/mol. The summed E-state index contributed by atoms with van der Waals surface area (Å²) in [5.74, 6) is 3.06. The summed E-state index contributed by atoms with van der Waals surface area (Å²) in [5, 5.41) is 0. The number of fused-ring (bicyclic) bond motifs is 1. The average molecular weight is 290 g/mol. The molecule has 0 saturated carbocycles. The van der Waals surface area contributed by atoms with Gasteiger partial charge in [-0.05, 0) is 17.8 Å². The van der Waals surface area contributed by atoms with Crippen molar-refractivity contribution >= 4 is 11.0 Å². The van der Waals surface area contributed by atoms with Crippen molar-refractivity contribution in [1.29, 1.82) is 0 Å². The van der Waals surface area contributed by atoms with E-state index in [9.17, 15) is 0 Å². The van der Waals surface area contributed by atoms with Crippen molar-refractivity contribution in [2.45, 2.75) is 40.5 Å². The SMILES string of the molecule is COc1cc2nc(CC(C)CC(C)(C)C)[nH]c2cc1OC. The van der Waals surface area contributed by atoms with E-state index in [1.54, 1.807) is 14.2 Å². The Morgan fingerprint density at radius 2 is 1.76 bits per heavy atom. The van der Waals surface area contributed by atoms with Crippen LogP contribution in [0.25, 0.3) is 11.0 Å². The smallest absolute Gasteiger partial charge is 0.163 e. The summed E-state index contributed by atoms with van der Waals surface area (Å²) in [6.07, 6.45) is 2.13. The quantitative estimate of drug-likeness (QED) is 0.898. The van der Waals surface area contributed by atoms with Crippen molar-refractivity contribution in [2.75, 3.05) is 14.2 Å². The number of imidazole rings is 1. The van der Waals surface area contributed by atoms with Gasteiger partial charge in [0.2, 0.25) is 0 Å². The summed E-state index contributed by atoms with van der Waals surface area (Å²) >= 11 is 0. The van der Waals surface area contributed by atoms with Gasteiger partial charge >= 0.3 is 0 Å². The second-order valence-electron chi connectivity index (χ2n) is 6.98. The molecule has 4 nitrogen and oxygen atoms in total. The van der Waals surface area contributed by atoms with Crippen LogP contribution in [0.5, 0.6) is 11.5 Å². The molecule has 116 valence electrons. The van der Waals surface area contributed by atoms with Crippen molar-refractivity contribution in [1.82, 2.24) is 9.97 Å². The van der Waals surface area contributed by atoms with Crippen LogP contribution >= 0.6 is 0 Å². The van der Waals surface area contributed by atoms with Crippen molar-refractivity contribution < 1.29 is 9.47 Å². The second-order valence-corrected chi connectivity index (χ2v) is 6.98. The van der Waals surface area contributed by atoms with Crippen molar-refractivity contribution in [3.63, 3.8) is 0 Å². The van der Waals surface area contributed by atoms with Crippen LogP contribution < -0.4 is 9.47 Å². The molecule has 0 radical (unpaired) electrons. The highest BCUT2D eigenvalue weighted by Crippen LogP contribution is 2.32. The van der Waals surface area contributed by atoms with Gasteiger partial charge in [-0.2, -0.15) is 0 Å². The van der Waals surface area contributed by atoms with Gasteiger partial charge in [0.1, 0.15) is 5.82 Å². The molecule has 0 aliphatic carbocycles. The van der Waals surface area contributed by atoms with Gasteiger partial charge in [-0.15, -0.1) is 0 Å². The van der Waals surface area contributed by atoms with Crippen molar-refractivity contribution in [3.05, 3.63) is 18.0 Å². The molecule has 2 aromatic rings. The lowest BCUT2D eigenvalue weighted by molar-refractivity contribution is 0.304. The molecule has 1 N–H and O–H groups in total. The first-order valence-corrected chi connectivity index (χ1v) is 7.43. The standard InChI is InChI=1S/C17H26N2O2/c1-11(10-17(2,3)4)7-16-18-12-8-14(20-5)15(21-6)9-13(12)19-16/h8-9,11H,7,10H2,1-6H3,(H,18,19). The zero-order valence-electron chi connectivity index (χ0n) is 13.9. The fourth-order valence-corrected chi connectivity index (χ4v) is 2.93. The van der Waals surface area contributed by atoms with Gasteiger partial charge in [0.15, 0.2) is 11.5 Å². The normalized spacial score (nSPS) is 13.4. The minimum atomic E-state index is 0.345. The Morgan fingerprint density at radius 3 is 2.33 bits per heavy atom. The molecule has 1 unspecified atom stereocenters. The zero-order chi connectivity index (χ0) is 15.6. The van der Waals surface area contributed by atoms with Gasteiger partial charge in [0, 0.05) is 18.6 Å². The first kappa shape index (κ1) is 15.7. The van der Waals surface area contributed by atoms with E-state index >= 15 is 0 Å². The highest BCUT2D eigenvalue weighted by molar-refractivity contribution is 5.79. The molecule has 0 aliphatic rings. The van der Waals surface area contributed by atoms with Crippen LogP contribution in [0.4, 0.5) is 0 Å². The number of nitrogens with zero attached hydrogens (tertiary/aromatic N) is 1. The number of aromatic amines is 1. The Bertz CT molecular complexity index is 570. The van der Waals surface area contributed by atoms with Gasteiger partial charge < -0.3 is 14.5 Å². The highest BCUT2D eigenvalue weighted by Gasteiger charge is 2.17.